The summed E-state index contributed by atoms with van der Waals surface area (Å²) in [5.41, 5.74) is 0. The van der Waals surface area contributed by atoms with E-state index in [4.69, 9.17) is 4.74 Å². The standard InChI is InChI=1S/C11H20N2O3/c1-2-3-6-16-7-4-5-13-9-10(14)12-8-11(13)15/h2-9H2,1H3,(H,12,14). The molecule has 0 aliphatic carbocycles. The maximum atomic E-state index is 11.4. The largest absolute Gasteiger partial charge is 0.381 e. The smallest absolute Gasteiger partial charge is 0.242 e. The molecule has 5 heteroatoms. The number of ether oxygens (including phenoxy) is 1. The normalized spacial score (nSPS) is 16.4. The Morgan fingerprint density at radius 1 is 1.31 bits per heavy atom. The zero-order valence-electron chi connectivity index (χ0n) is 9.83. The topological polar surface area (TPSA) is 58.6 Å². The molecule has 1 N–H and O–H groups in total. The van der Waals surface area contributed by atoms with Crippen molar-refractivity contribution >= 4 is 11.8 Å². The second kappa shape index (κ2) is 7.22. The minimum absolute atomic E-state index is 0.00634. The lowest BCUT2D eigenvalue weighted by Gasteiger charge is -2.26. The number of nitrogens with zero attached hydrogens (tertiary/aromatic N) is 1. The molecule has 0 radical (unpaired) electrons. The molecule has 92 valence electrons. The molecule has 1 aliphatic rings. The van der Waals surface area contributed by atoms with Crippen molar-refractivity contribution in [2.24, 2.45) is 0 Å². The first-order chi connectivity index (χ1) is 7.74. The van der Waals surface area contributed by atoms with Crippen LogP contribution in [0.3, 0.4) is 0 Å². The number of rotatable bonds is 7. The average molecular weight is 228 g/mol. The van der Waals surface area contributed by atoms with E-state index in [0.717, 1.165) is 25.9 Å². The van der Waals surface area contributed by atoms with E-state index >= 15 is 0 Å². The van der Waals surface area contributed by atoms with E-state index in [1.54, 1.807) is 4.90 Å². The quantitative estimate of drug-likeness (QED) is 0.631. The van der Waals surface area contributed by atoms with E-state index < -0.39 is 0 Å². The minimum atomic E-state index is -0.0773. The second-order valence-electron chi connectivity index (χ2n) is 3.91. The number of carbonyl (C=O) groups excluding carboxylic acids is 2. The van der Waals surface area contributed by atoms with E-state index in [0.29, 0.717) is 13.2 Å². The zero-order chi connectivity index (χ0) is 11.8. The van der Waals surface area contributed by atoms with E-state index in [2.05, 4.69) is 12.2 Å². The summed E-state index contributed by atoms with van der Waals surface area (Å²) in [5.74, 6) is -0.0836. The summed E-state index contributed by atoms with van der Waals surface area (Å²) in [4.78, 5) is 24.0. The number of unbranched alkanes of at least 4 members (excludes halogenated alkanes) is 1. The van der Waals surface area contributed by atoms with Crippen molar-refractivity contribution in [2.75, 3.05) is 32.8 Å². The van der Waals surface area contributed by atoms with E-state index in [1.165, 1.54) is 0 Å². The Kier molecular flexibility index (Phi) is 5.85. The number of hydrogen-bond donors (Lipinski definition) is 1. The summed E-state index contributed by atoms with van der Waals surface area (Å²) in [5, 5.41) is 2.52. The van der Waals surface area contributed by atoms with Gasteiger partial charge < -0.3 is 15.0 Å². The number of carbonyl (C=O) groups is 2. The van der Waals surface area contributed by atoms with Gasteiger partial charge in [-0.2, -0.15) is 0 Å². The second-order valence-corrected chi connectivity index (χ2v) is 3.91. The monoisotopic (exact) mass is 228 g/mol. The molecular weight excluding hydrogens is 208 g/mol. The van der Waals surface area contributed by atoms with Crippen LogP contribution in [-0.4, -0.2) is 49.6 Å². The lowest BCUT2D eigenvalue weighted by molar-refractivity contribution is -0.140. The molecular formula is C11H20N2O3. The van der Waals surface area contributed by atoms with Crippen LogP contribution in [0.1, 0.15) is 26.2 Å². The van der Waals surface area contributed by atoms with Crippen LogP contribution in [0.5, 0.6) is 0 Å². The van der Waals surface area contributed by atoms with E-state index in [-0.39, 0.29) is 24.9 Å². The van der Waals surface area contributed by atoms with Crippen LogP contribution in [0.15, 0.2) is 0 Å². The van der Waals surface area contributed by atoms with Crippen molar-refractivity contribution in [1.29, 1.82) is 0 Å². The van der Waals surface area contributed by atoms with Gasteiger partial charge in [0.05, 0.1) is 13.1 Å². The SMILES string of the molecule is CCCCOCCCN1CC(=O)NCC1=O. The highest BCUT2D eigenvalue weighted by molar-refractivity contribution is 5.92. The first-order valence-electron chi connectivity index (χ1n) is 5.86. The third-order valence-electron chi connectivity index (χ3n) is 2.48. The molecule has 1 fully saturated rings. The van der Waals surface area contributed by atoms with Crippen molar-refractivity contribution in [1.82, 2.24) is 10.2 Å². The van der Waals surface area contributed by atoms with Gasteiger partial charge in [0.25, 0.3) is 0 Å². The van der Waals surface area contributed by atoms with Crippen molar-refractivity contribution in [2.45, 2.75) is 26.2 Å². The van der Waals surface area contributed by atoms with Crippen LogP contribution in [0, 0.1) is 0 Å². The molecule has 5 nitrogen and oxygen atoms in total. The molecule has 16 heavy (non-hydrogen) atoms. The summed E-state index contributed by atoms with van der Waals surface area (Å²) in [7, 11) is 0. The van der Waals surface area contributed by atoms with Crippen molar-refractivity contribution in [3.63, 3.8) is 0 Å². The van der Waals surface area contributed by atoms with Gasteiger partial charge in [-0.05, 0) is 12.8 Å². The fourth-order valence-electron chi connectivity index (χ4n) is 1.51. The van der Waals surface area contributed by atoms with Crippen molar-refractivity contribution in [3.05, 3.63) is 0 Å². The summed E-state index contributed by atoms with van der Waals surface area (Å²) in [6, 6.07) is 0. The van der Waals surface area contributed by atoms with Crippen LogP contribution in [-0.2, 0) is 14.3 Å². The van der Waals surface area contributed by atoms with Crippen molar-refractivity contribution < 1.29 is 14.3 Å². The minimum Gasteiger partial charge on any atom is -0.381 e. The predicted molar refractivity (Wildman–Crippen MR) is 59.9 cm³/mol. The molecule has 0 spiro atoms. The number of piperazine rings is 1. The Bertz CT molecular complexity index is 243. The van der Waals surface area contributed by atoms with Gasteiger partial charge >= 0.3 is 0 Å². The van der Waals surface area contributed by atoms with Crippen LogP contribution in [0.2, 0.25) is 0 Å². The van der Waals surface area contributed by atoms with Gasteiger partial charge in [-0.3, -0.25) is 9.59 Å². The predicted octanol–water partition coefficient (Wildman–Crippen LogP) is 0.152. The molecule has 1 heterocycles. The number of amides is 2. The maximum Gasteiger partial charge on any atom is 0.242 e. The molecule has 0 aromatic heterocycles. The van der Waals surface area contributed by atoms with E-state index in [9.17, 15) is 9.59 Å². The van der Waals surface area contributed by atoms with Gasteiger partial charge in [-0.15, -0.1) is 0 Å². The third kappa shape index (κ3) is 4.61. The number of hydrogen-bond acceptors (Lipinski definition) is 3. The highest BCUT2D eigenvalue weighted by Gasteiger charge is 2.21. The Morgan fingerprint density at radius 2 is 2.06 bits per heavy atom. The molecule has 1 saturated heterocycles. The molecule has 1 rings (SSSR count). The van der Waals surface area contributed by atoms with Crippen LogP contribution >= 0.6 is 0 Å². The lowest BCUT2D eigenvalue weighted by Crippen LogP contribution is -2.51. The summed E-state index contributed by atoms with van der Waals surface area (Å²) < 4.78 is 5.39. The molecule has 0 unspecified atom stereocenters. The summed E-state index contributed by atoms with van der Waals surface area (Å²) in [6.45, 7) is 4.49. The molecule has 2 amide bonds. The third-order valence-corrected chi connectivity index (χ3v) is 2.48. The number of nitrogens with one attached hydrogen (secondary N) is 1. The summed E-state index contributed by atoms with van der Waals surface area (Å²) in [6.07, 6.45) is 3.00. The molecule has 0 aromatic rings. The fourth-order valence-corrected chi connectivity index (χ4v) is 1.51. The van der Waals surface area contributed by atoms with Gasteiger partial charge in [0.1, 0.15) is 0 Å². The molecule has 0 saturated carbocycles. The highest BCUT2D eigenvalue weighted by atomic mass is 16.5. The van der Waals surface area contributed by atoms with Crippen LogP contribution in [0.4, 0.5) is 0 Å². The van der Waals surface area contributed by atoms with E-state index in [1.807, 2.05) is 0 Å². The average Bonchev–Trinajstić information content (AvgIpc) is 2.28. The summed E-state index contributed by atoms with van der Waals surface area (Å²) >= 11 is 0. The lowest BCUT2D eigenvalue weighted by atomic mass is 10.3. The highest BCUT2D eigenvalue weighted by Crippen LogP contribution is 1.98. The maximum absolute atomic E-state index is 11.4. The molecule has 0 bridgehead atoms. The van der Waals surface area contributed by atoms with Crippen molar-refractivity contribution in [3.8, 4) is 0 Å². The Balaban J connectivity index is 2.07. The van der Waals surface area contributed by atoms with Crippen LogP contribution in [0.25, 0.3) is 0 Å². The van der Waals surface area contributed by atoms with Gasteiger partial charge in [-0.1, -0.05) is 13.3 Å². The molecule has 0 atom stereocenters. The Morgan fingerprint density at radius 3 is 2.81 bits per heavy atom. The first kappa shape index (κ1) is 13.0. The Hall–Kier alpha value is -1.10. The van der Waals surface area contributed by atoms with Gasteiger partial charge in [0, 0.05) is 19.8 Å². The molecule has 1 aliphatic heterocycles. The van der Waals surface area contributed by atoms with Gasteiger partial charge in [0.15, 0.2) is 0 Å². The zero-order valence-corrected chi connectivity index (χ0v) is 9.83. The van der Waals surface area contributed by atoms with Gasteiger partial charge in [0.2, 0.25) is 11.8 Å². The van der Waals surface area contributed by atoms with Crippen LogP contribution < -0.4 is 5.32 Å². The Labute approximate surface area is 96.1 Å². The first-order valence-corrected chi connectivity index (χ1v) is 5.86. The fraction of sp³-hybridized carbons (Fsp3) is 0.818. The van der Waals surface area contributed by atoms with Gasteiger partial charge in [-0.25, -0.2) is 0 Å². The molecule has 0 aromatic carbocycles.